The fraction of sp³-hybridized carbons (Fsp3) is 0.300. The largest absolute Gasteiger partial charge is 0.497 e. The van der Waals surface area contributed by atoms with Crippen molar-refractivity contribution in [3.8, 4) is 5.75 Å². The number of nitrogens with one attached hydrogen (secondary N) is 1. The van der Waals surface area contributed by atoms with Gasteiger partial charge in [-0.15, -0.1) is 0 Å². The van der Waals surface area contributed by atoms with Gasteiger partial charge in [0, 0.05) is 61.0 Å². The van der Waals surface area contributed by atoms with E-state index in [1.807, 2.05) is 67.5 Å². The van der Waals surface area contributed by atoms with Gasteiger partial charge in [0.15, 0.2) is 0 Å². The molecule has 0 saturated carbocycles. The van der Waals surface area contributed by atoms with Gasteiger partial charge in [-0.25, -0.2) is 8.42 Å². The number of methoxy groups -OCH3 is 1. The first kappa shape index (κ1) is 28.9. The molecule has 1 unspecified atom stereocenters. The van der Waals surface area contributed by atoms with Gasteiger partial charge in [-0.3, -0.25) is 4.98 Å². The van der Waals surface area contributed by atoms with Gasteiger partial charge in [0.05, 0.1) is 23.2 Å². The Hall–Kier alpha value is -3.14. The predicted octanol–water partition coefficient (Wildman–Crippen LogP) is 6.54. The smallest absolute Gasteiger partial charge is 0.243 e. The van der Waals surface area contributed by atoms with Gasteiger partial charge in [-0.1, -0.05) is 34.1 Å². The number of fused-ring (bicyclic) bond motifs is 1. The van der Waals surface area contributed by atoms with Crippen molar-refractivity contribution in [2.75, 3.05) is 38.0 Å². The Morgan fingerprint density at radius 1 is 1.03 bits per heavy atom. The molecule has 0 radical (unpaired) electrons. The highest BCUT2D eigenvalue weighted by atomic mass is 79.9. The van der Waals surface area contributed by atoms with Crippen molar-refractivity contribution in [3.63, 3.8) is 0 Å². The highest BCUT2D eigenvalue weighted by Crippen LogP contribution is 2.29. The first-order chi connectivity index (χ1) is 18.7. The zero-order chi connectivity index (χ0) is 28.0. The number of pyridine rings is 1. The van der Waals surface area contributed by atoms with E-state index in [0.717, 1.165) is 44.5 Å². The second-order valence-corrected chi connectivity index (χ2v) is 12.6. The summed E-state index contributed by atoms with van der Waals surface area (Å²) in [5.74, 6) is 0.761. The summed E-state index contributed by atoms with van der Waals surface area (Å²) in [6.45, 7) is 2.80. The lowest BCUT2D eigenvalue weighted by Gasteiger charge is -2.24. The third-order valence-corrected chi connectivity index (χ3v) is 9.01. The molecule has 0 amide bonds. The Morgan fingerprint density at radius 3 is 2.41 bits per heavy atom. The summed E-state index contributed by atoms with van der Waals surface area (Å²) < 4.78 is 35.2. The molecule has 1 heterocycles. The molecular weight excluding hydrogens is 576 g/mol. The number of halogens is 1. The van der Waals surface area contributed by atoms with E-state index in [4.69, 9.17) is 4.74 Å². The quantitative estimate of drug-likeness (QED) is 0.196. The molecule has 0 aliphatic heterocycles. The molecule has 3 aromatic carbocycles. The second kappa shape index (κ2) is 12.8. The molecule has 1 aromatic heterocycles. The van der Waals surface area contributed by atoms with Crippen molar-refractivity contribution < 1.29 is 13.2 Å². The van der Waals surface area contributed by atoms with Crippen LogP contribution in [-0.4, -0.2) is 51.5 Å². The van der Waals surface area contributed by atoms with E-state index in [9.17, 15) is 8.42 Å². The van der Waals surface area contributed by atoms with Crippen molar-refractivity contribution in [3.05, 3.63) is 89.0 Å². The molecule has 206 valence electrons. The number of hydrogen-bond donors (Lipinski definition) is 1. The van der Waals surface area contributed by atoms with Crippen LogP contribution in [0.15, 0.2) is 88.4 Å². The normalized spacial score (nSPS) is 12.5. The van der Waals surface area contributed by atoms with Crippen LogP contribution in [0.4, 0.5) is 11.4 Å². The summed E-state index contributed by atoms with van der Waals surface area (Å²) >= 11 is 3.40. The standard InChI is InChI=1S/C30H35BrN4O3S/c1-22(33-29-20-27(38-4)19-24-8-5-17-32-30(24)29)7-6-18-35(21-23-9-13-26(14-10-23)34(2)3)39(36,37)28-15-11-25(31)12-16-28/h5,8-17,19-20,22,33H,6-7,18,21H2,1-4H3. The van der Waals surface area contributed by atoms with E-state index >= 15 is 0 Å². The lowest BCUT2D eigenvalue weighted by Crippen LogP contribution is -2.32. The van der Waals surface area contributed by atoms with Crippen LogP contribution in [0.2, 0.25) is 0 Å². The Morgan fingerprint density at radius 2 is 1.74 bits per heavy atom. The van der Waals surface area contributed by atoms with Crippen LogP contribution < -0.4 is 15.0 Å². The first-order valence-electron chi connectivity index (χ1n) is 12.9. The van der Waals surface area contributed by atoms with Gasteiger partial charge in [0.2, 0.25) is 10.0 Å². The van der Waals surface area contributed by atoms with Crippen molar-refractivity contribution in [2.45, 2.75) is 37.2 Å². The summed E-state index contributed by atoms with van der Waals surface area (Å²) in [5.41, 5.74) is 3.80. The van der Waals surface area contributed by atoms with Crippen LogP contribution in [0.5, 0.6) is 5.75 Å². The topological polar surface area (TPSA) is 74.8 Å². The van der Waals surface area contributed by atoms with Gasteiger partial charge in [0.25, 0.3) is 0 Å². The Labute approximate surface area is 240 Å². The average molecular weight is 612 g/mol. The van der Waals surface area contributed by atoms with E-state index in [-0.39, 0.29) is 10.9 Å². The number of sulfonamides is 1. The molecule has 0 saturated heterocycles. The van der Waals surface area contributed by atoms with Crippen LogP contribution in [0, 0.1) is 0 Å². The minimum Gasteiger partial charge on any atom is -0.497 e. The Bertz CT molecular complexity index is 1490. The molecule has 7 nitrogen and oxygen atoms in total. The van der Waals surface area contributed by atoms with E-state index in [2.05, 4.69) is 33.2 Å². The first-order valence-corrected chi connectivity index (χ1v) is 15.1. The summed E-state index contributed by atoms with van der Waals surface area (Å²) in [7, 11) is 1.94. The molecule has 0 aliphatic carbocycles. The lowest BCUT2D eigenvalue weighted by molar-refractivity contribution is 0.391. The number of nitrogens with zero attached hydrogens (tertiary/aromatic N) is 3. The molecule has 1 atom stereocenters. The number of ether oxygens (including phenoxy) is 1. The predicted molar refractivity (Wildman–Crippen MR) is 163 cm³/mol. The lowest BCUT2D eigenvalue weighted by atomic mass is 10.1. The fourth-order valence-electron chi connectivity index (χ4n) is 4.45. The molecule has 4 rings (SSSR count). The maximum absolute atomic E-state index is 13.7. The van der Waals surface area contributed by atoms with Crippen LogP contribution in [0.3, 0.4) is 0 Å². The monoisotopic (exact) mass is 610 g/mol. The van der Waals surface area contributed by atoms with Crippen LogP contribution >= 0.6 is 15.9 Å². The average Bonchev–Trinajstić information content (AvgIpc) is 2.92. The summed E-state index contributed by atoms with van der Waals surface area (Å²) in [4.78, 5) is 6.85. The highest BCUT2D eigenvalue weighted by molar-refractivity contribution is 9.10. The number of benzene rings is 3. The molecular formula is C30H35BrN4O3S. The molecule has 0 aliphatic rings. The molecule has 9 heteroatoms. The zero-order valence-electron chi connectivity index (χ0n) is 22.8. The number of anilines is 2. The maximum Gasteiger partial charge on any atom is 0.243 e. The van der Waals surface area contributed by atoms with Gasteiger partial charge in [0.1, 0.15) is 5.75 Å². The van der Waals surface area contributed by atoms with Crippen molar-refractivity contribution in [2.24, 2.45) is 0 Å². The van der Waals surface area contributed by atoms with Gasteiger partial charge < -0.3 is 15.0 Å². The van der Waals surface area contributed by atoms with Crippen molar-refractivity contribution in [1.82, 2.24) is 9.29 Å². The SMILES string of the molecule is COc1cc(NC(C)CCCN(Cc2ccc(N(C)C)cc2)S(=O)(=O)c2ccc(Br)cc2)c2ncccc2c1. The van der Waals surface area contributed by atoms with Gasteiger partial charge in [-0.05, 0) is 73.9 Å². The number of aromatic nitrogens is 1. The van der Waals surface area contributed by atoms with Crippen LogP contribution in [0.25, 0.3) is 10.9 Å². The third-order valence-electron chi connectivity index (χ3n) is 6.62. The van der Waals surface area contributed by atoms with E-state index in [1.165, 1.54) is 0 Å². The summed E-state index contributed by atoms with van der Waals surface area (Å²) in [5, 5.41) is 4.55. The minimum absolute atomic E-state index is 0.0962. The maximum atomic E-state index is 13.7. The molecule has 1 N–H and O–H groups in total. The second-order valence-electron chi connectivity index (χ2n) is 9.79. The Kier molecular flexibility index (Phi) is 9.48. The molecule has 0 spiro atoms. The number of rotatable bonds is 12. The fourth-order valence-corrected chi connectivity index (χ4v) is 6.18. The molecule has 4 aromatic rings. The third kappa shape index (κ3) is 7.29. The van der Waals surface area contributed by atoms with E-state index in [0.29, 0.717) is 19.5 Å². The molecule has 0 fully saturated rings. The minimum atomic E-state index is -3.68. The molecule has 39 heavy (non-hydrogen) atoms. The van der Waals surface area contributed by atoms with Gasteiger partial charge >= 0.3 is 0 Å². The summed E-state index contributed by atoms with van der Waals surface area (Å²) in [6, 6.07) is 22.7. The van der Waals surface area contributed by atoms with Crippen LogP contribution in [-0.2, 0) is 16.6 Å². The molecule has 0 bridgehead atoms. The van der Waals surface area contributed by atoms with Crippen molar-refractivity contribution >= 4 is 48.2 Å². The van der Waals surface area contributed by atoms with Crippen molar-refractivity contribution in [1.29, 1.82) is 0 Å². The number of hydrogen-bond acceptors (Lipinski definition) is 6. The van der Waals surface area contributed by atoms with E-state index < -0.39 is 10.0 Å². The highest BCUT2D eigenvalue weighted by Gasteiger charge is 2.25. The van der Waals surface area contributed by atoms with Gasteiger partial charge in [-0.2, -0.15) is 4.31 Å². The van der Waals surface area contributed by atoms with E-state index in [1.54, 1.807) is 41.9 Å². The Balaban J connectivity index is 1.49. The zero-order valence-corrected chi connectivity index (χ0v) is 25.2. The van der Waals surface area contributed by atoms with Crippen LogP contribution in [0.1, 0.15) is 25.3 Å². The summed E-state index contributed by atoms with van der Waals surface area (Å²) in [6.07, 6.45) is 3.24.